The van der Waals surface area contributed by atoms with Gasteiger partial charge in [0.05, 0.1) is 10.9 Å². The number of fused-ring (bicyclic) bond motifs is 1. The summed E-state index contributed by atoms with van der Waals surface area (Å²) in [7, 11) is 0. The second kappa shape index (κ2) is 3.75. The van der Waals surface area contributed by atoms with E-state index in [1.54, 1.807) is 11.3 Å². The fourth-order valence-electron chi connectivity index (χ4n) is 1.76. The number of anilines is 1. The minimum absolute atomic E-state index is 1.01. The number of hydrogen-bond acceptors (Lipinski definition) is 5. The molecule has 0 amide bonds. The van der Waals surface area contributed by atoms with Gasteiger partial charge in [-0.15, -0.1) is 0 Å². The van der Waals surface area contributed by atoms with Gasteiger partial charge in [-0.2, -0.15) is 0 Å². The first kappa shape index (κ1) is 9.06. The van der Waals surface area contributed by atoms with E-state index in [2.05, 4.69) is 20.2 Å². The molecule has 0 aliphatic carbocycles. The number of pyridine rings is 1. The minimum atomic E-state index is 1.01. The van der Waals surface area contributed by atoms with Crippen LogP contribution in [0.5, 0.6) is 0 Å². The van der Waals surface area contributed by atoms with Crippen molar-refractivity contribution in [1.82, 2.24) is 15.3 Å². The van der Waals surface area contributed by atoms with Crippen molar-refractivity contribution in [1.29, 1.82) is 0 Å². The fraction of sp³-hybridized carbons (Fsp3) is 0.400. The van der Waals surface area contributed by atoms with Crippen molar-refractivity contribution in [3.05, 3.63) is 18.5 Å². The number of aromatic nitrogens is 2. The molecule has 15 heavy (non-hydrogen) atoms. The molecule has 3 heterocycles. The predicted octanol–water partition coefficient (Wildman–Crippen LogP) is 1.10. The third-order valence-corrected chi connectivity index (χ3v) is 3.66. The van der Waals surface area contributed by atoms with Crippen LogP contribution in [-0.4, -0.2) is 36.1 Å². The van der Waals surface area contributed by atoms with E-state index in [-0.39, 0.29) is 0 Å². The Hall–Kier alpha value is -1.20. The molecule has 0 bridgehead atoms. The van der Waals surface area contributed by atoms with Gasteiger partial charge in [-0.1, -0.05) is 11.3 Å². The zero-order chi connectivity index (χ0) is 10.1. The molecule has 1 aliphatic rings. The van der Waals surface area contributed by atoms with Gasteiger partial charge >= 0.3 is 0 Å². The van der Waals surface area contributed by atoms with Gasteiger partial charge in [-0.05, 0) is 6.07 Å². The molecule has 0 atom stereocenters. The Labute approximate surface area is 92.0 Å². The lowest BCUT2D eigenvalue weighted by molar-refractivity contribution is 0.588. The number of piperazine rings is 1. The first-order chi connectivity index (χ1) is 7.43. The van der Waals surface area contributed by atoms with Crippen molar-refractivity contribution in [3.63, 3.8) is 0 Å². The highest BCUT2D eigenvalue weighted by Crippen LogP contribution is 2.27. The van der Waals surface area contributed by atoms with Gasteiger partial charge in [-0.3, -0.25) is 4.98 Å². The van der Waals surface area contributed by atoms with Gasteiger partial charge in [0.1, 0.15) is 5.52 Å². The van der Waals surface area contributed by atoms with Crippen molar-refractivity contribution < 1.29 is 0 Å². The van der Waals surface area contributed by atoms with Crippen LogP contribution >= 0.6 is 11.3 Å². The number of nitrogens with one attached hydrogen (secondary N) is 1. The molecule has 5 heteroatoms. The summed E-state index contributed by atoms with van der Waals surface area (Å²) in [6, 6.07) is 2.03. The average Bonchev–Trinajstić information content (AvgIpc) is 2.74. The third kappa shape index (κ3) is 1.68. The van der Waals surface area contributed by atoms with E-state index < -0.39 is 0 Å². The van der Waals surface area contributed by atoms with E-state index in [0.717, 1.165) is 36.8 Å². The zero-order valence-electron chi connectivity index (χ0n) is 8.31. The molecule has 0 radical (unpaired) electrons. The van der Waals surface area contributed by atoms with Crippen LogP contribution in [0.2, 0.25) is 0 Å². The maximum Gasteiger partial charge on any atom is 0.186 e. The summed E-state index contributed by atoms with van der Waals surface area (Å²) in [5, 5.41) is 4.47. The van der Waals surface area contributed by atoms with E-state index >= 15 is 0 Å². The summed E-state index contributed by atoms with van der Waals surface area (Å²) in [6.45, 7) is 4.20. The van der Waals surface area contributed by atoms with Crippen LogP contribution in [0.3, 0.4) is 0 Å². The molecule has 2 aromatic rings. The predicted molar refractivity (Wildman–Crippen MR) is 62.5 cm³/mol. The van der Waals surface area contributed by atoms with Crippen LogP contribution in [0.4, 0.5) is 5.13 Å². The fourth-order valence-corrected chi connectivity index (χ4v) is 2.74. The largest absolute Gasteiger partial charge is 0.346 e. The van der Waals surface area contributed by atoms with Crippen molar-refractivity contribution >= 4 is 26.7 Å². The molecule has 0 unspecified atom stereocenters. The quantitative estimate of drug-likeness (QED) is 0.781. The smallest absolute Gasteiger partial charge is 0.186 e. The Kier molecular flexibility index (Phi) is 2.26. The van der Waals surface area contributed by atoms with Gasteiger partial charge in [0.2, 0.25) is 0 Å². The summed E-state index contributed by atoms with van der Waals surface area (Å²) in [5.74, 6) is 0. The molecule has 1 fully saturated rings. The molecule has 3 rings (SSSR count). The molecule has 1 saturated heterocycles. The van der Waals surface area contributed by atoms with E-state index in [4.69, 9.17) is 0 Å². The molecule has 0 saturated carbocycles. The Morgan fingerprint density at radius 2 is 2.20 bits per heavy atom. The van der Waals surface area contributed by atoms with Crippen molar-refractivity contribution in [2.45, 2.75) is 0 Å². The van der Waals surface area contributed by atoms with Gasteiger partial charge in [-0.25, -0.2) is 4.98 Å². The highest BCUT2D eigenvalue weighted by molar-refractivity contribution is 7.22. The summed E-state index contributed by atoms with van der Waals surface area (Å²) < 4.78 is 1.22. The van der Waals surface area contributed by atoms with Gasteiger partial charge in [0.15, 0.2) is 5.13 Å². The maximum atomic E-state index is 4.59. The Bertz CT molecular complexity index is 428. The first-order valence-electron chi connectivity index (χ1n) is 5.10. The van der Waals surface area contributed by atoms with Crippen LogP contribution in [0, 0.1) is 0 Å². The summed E-state index contributed by atoms with van der Waals surface area (Å²) in [5.41, 5.74) is 1.01. The number of thiazole rings is 1. The average molecular weight is 220 g/mol. The van der Waals surface area contributed by atoms with Crippen LogP contribution in [-0.2, 0) is 0 Å². The number of hydrogen-bond donors (Lipinski definition) is 1. The standard InChI is InChI=1S/C10H12N4S/c1-2-12-7-8-9(1)15-10(13-8)14-5-3-11-4-6-14/h1-2,7,11H,3-6H2. The third-order valence-electron chi connectivity index (χ3n) is 2.57. The molecule has 0 spiro atoms. The molecule has 2 aromatic heterocycles. The van der Waals surface area contributed by atoms with Crippen LogP contribution in [0.15, 0.2) is 18.5 Å². The number of rotatable bonds is 1. The molecular formula is C10H12N4S. The van der Waals surface area contributed by atoms with Gasteiger partial charge < -0.3 is 10.2 Å². The molecule has 4 nitrogen and oxygen atoms in total. The van der Waals surface area contributed by atoms with E-state index in [1.807, 2.05) is 18.5 Å². The van der Waals surface area contributed by atoms with Crippen molar-refractivity contribution in [2.75, 3.05) is 31.1 Å². The highest BCUT2D eigenvalue weighted by atomic mass is 32.1. The highest BCUT2D eigenvalue weighted by Gasteiger charge is 2.14. The second-order valence-electron chi connectivity index (χ2n) is 3.58. The Morgan fingerprint density at radius 1 is 1.33 bits per heavy atom. The summed E-state index contributed by atoms with van der Waals surface area (Å²) in [6.07, 6.45) is 3.65. The lowest BCUT2D eigenvalue weighted by Gasteiger charge is -2.26. The second-order valence-corrected chi connectivity index (χ2v) is 4.59. The molecular weight excluding hydrogens is 208 g/mol. The molecule has 78 valence electrons. The molecule has 1 aliphatic heterocycles. The van der Waals surface area contributed by atoms with Gasteiger partial charge in [0.25, 0.3) is 0 Å². The van der Waals surface area contributed by atoms with Crippen LogP contribution in [0.1, 0.15) is 0 Å². The van der Waals surface area contributed by atoms with Crippen molar-refractivity contribution in [3.8, 4) is 0 Å². The van der Waals surface area contributed by atoms with Crippen molar-refractivity contribution in [2.24, 2.45) is 0 Å². The van der Waals surface area contributed by atoms with E-state index in [9.17, 15) is 0 Å². The Balaban J connectivity index is 1.96. The lowest BCUT2D eigenvalue weighted by atomic mass is 10.4. The van der Waals surface area contributed by atoms with Gasteiger partial charge in [0, 0.05) is 32.4 Å². The van der Waals surface area contributed by atoms with Crippen LogP contribution < -0.4 is 10.2 Å². The molecule has 1 N–H and O–H groups in total. The van der Waals surface area contributed by atoms with E-state index in [1.165, 1.54) is 4.70 Å². The number of nitrogens with zero attached hydrogens (tertiary/aromatic N) is 3. The summed E-state index contributed by atoms with van der Waals surface area (Å²) in [4.78, 5) is 11.0. The normalized spacial score (nSPS) is 17.2. The van der Waals surface area contributed by atoms with E-state index in [0.29, 0.717) is 0 Å². The first-order valence-corrected chi connectivity index (χ1v) is 5.91. The van der Waals surface area contributed by atoms with Crippen LogP contribution in [0.25, 0.3) is 10.2 Å². The Morgan fingerprint density at radius 3 is 3.00 bits per heavy atom. The maximum absolute atomic E-state index is 4.59. The SMILES string of the molecule is c1cc2sc(N3CCNCC3)nc2cn1. The molecule has 0 aromatic carbocycles. The summed E-state index contributed by atoms with van der Waals surface area (Å²) >= 11 is 1.75. The lowest BCUT2D eigenvalue weighted by Crippen LogP contribution is -2.43. The minimum Gasteiger partial charge on any atom is -0.346 e. The topological polar surface area (TPSA) is 41.0 Å². The monoisotopic (exact) mass is 220 g/mol. The zero-order valence-corrected chi connectivity index (χ0v) is 9.13.